The van der Waals surface area contributed by atoms with Crippen molar-refractivity contribution in [1.82, 2.24) is 0 Å². The average Bonchev–Trinajstić information content (AvgIpc) is 2.37. The smallest absolute Gasteiger partial charge is 0.129 e. The molecule has 0 aliphatic carbocycles. The van der Waals surface area contributed by atoms with Crippen LogP contribution in [0.2, 0.25) is 0 Å². The van der Waals surface area contributed by atoms with Gasteiger partial charge in [0.15, 0.2) is 0 Å². The van der Waals surface area contributed by atoms with Crippen LogP contribution in [0.5, 0.6) is 17.2 Å². The van der Waals surface area contributed by atoms with Crippen LogP contribution in [0.1, 0.15) is 18.9 Å². The highest BCUT2D eigenvalue weighted by molar-refractivity contribution is 5.49. The lowest BCUT2D eigenvalue weighted by molar-refractivity contribution is 0.242. The number of ether oxygens (including phenoxy) is 3. The van der Waals surface area contributed by atoms with Crippen molar-refractivity contribution in [1.29, 1.82) is 0 Å². The molecule has 17 heavy (non-hydrogen) atoms. The number of methoxy groups -OCH3 is 2. The molecule has 1 aromatic carbocycles. The van der Waals surface area contributed by atoms with Crippen LogP contribution >= 0.6 is 0 Å². The number of hydrogen-bond donors (Lipinski definition) is 0. The van der Waals surface area contributed by atoms with Gasteiger partial charge in [0.25, 0.3) is 0 Å². The third-order valence-corrected chi connectivity index (χ3v) is 2.68. The number of benzene rings is 1. The van der Waals surface area contributed by atoms with Crippen LogP contribution in [-0.2, 0) is 0 Å². The van der Waals surface area contributed by atoms with Crippen LogP contribution < -0.4 is 14.2 Å². The summed E-state index contributed by atoms with van der Waals surface area (Å²) < 4.78 is 16.4. The maximum absolute atomic E-state index is 5.77. The van der Waals surface area contributed by atoms with Crippen LogP contribution in [0.4, 0.5) is 0 Å². The van der Waals surface area contributed by atoms with Crippen molar-refractivity contribution in [3.05, 3.63) is 30.4 Å². The Morgan fingerprint density at radius 2 is 1.76 bits per heavy atom. The molecule has 1 rings (SSSR count). The van der Waals surface area contributed by atoms with Gasteiger partial charge in [-0.1, -0.05) is 19.6 Å². The van der Waals surface area contributed by atoms with Crippen LogP contribution in [-0.4, -0.2) is 20.3 Å². The SMILES string of the molecule is C=CC(CC)Oc1cc(OC)c(C)c(OC)c1. The predicted octanol–water partition coefficient (Wildman–Crippen LogP) is 3.36. The highest BCUT2D eigenvalue weighted by Crippen LogP contribution is 2.33. The minimum absolute atomic E-state index is 0.00659. The minimum atomic E-state index is 0.00659. The fraction of sp³-hybridized carbons (Fsp3) is 0.429. The second kappa shape index (κ2) is 6.18. The number of rotatable bonds is 6. The van der Waals surface area contributed by atoms with Gasteiger partial charge >= 0.3 is 0 Å². The predicted molar refractivity (Wildman–Crippen MR) is 69.2 cm³/mol. The third kappa shape index (κ3) is 3.16. The van der Waals surface area contributed by atoms with E-state index in [1.165, 1.54) is 0 Å². The zero-order chi connectivity index (χ0) is 12.8. The number of hydrogen-bond acceptors (Lipinski definition) is 3. The maximum atomic E-state index is 5.77. The molecule has 94 valence electrons. The van der Waals surface area contributed by atoms with Crippen LogP contribution in [0, 0.1) is 6.92 Å². The Bertz CT molecular complexity index is 360. The molecular weight excluding hydrogens is 216 g/mol. The molecule has 0 radical (unpaired) electrons. The molecule has 0 aromatic heterocycles. The van der Waals surface area contributed by atoms with Crippen molar-refractivity contribution >= 4 is 0 Å². The van der Waals surface area contributed by atoms with Gasteiger partial charge in [0.1, 0.15) is 23.4 Å². The molecule has 0 saturated heterocycles. The van der Waals surface area contributed by atoms with Gasteiger partial charge in [0.05, 0.1) is 14.2 Å². The quantitative estimate of drug-likeness (QED) is 0.709. The molecule has 0 bridgehead atoms. The molecule has 0 fully saturated rings. The summed E-state index contributed by atoms with van der Waals surface area (Å²) in [5.74, 6) is 2.26. The largest absolute Gasteiger partial charge is 0.496 e. The van der Waals surface area contributed by atoms with Gasteiger partial charge in [0, 0.05) is 17.7 Å². The Labute approximate surface area is 103 Å². The molecule has 0 amide bonds. The first-order valence-corrected chi connectivity index (χ1v) is 5.68. The van der Waals surface area contributed by atoms with Gasteiger partial charge in [-0.15, -0.1) is 0 Å². The van der Waals surface area contributed by atoms with E-state index in [0.717, 1.165) is 29.2 Å². The van der Waals surface area contributed by atoms with E-state index >= 15 is 0 Å². The lowest BCUT2D eigenvalue weighted by atomic mass is 10.2. The fourth-order valence-corrected chi connectivity index (χ4v) is 1.60. The molecular formula is C14H20O3. The monoisotopic (exact) mass is 236 g/mol. The van der Waals surface area contributed by atoms with Crippen LogP contribution in [0.15, 0.2) is 24.8 Å². The summed E-state index contributed by atoms with van der Waals surface area (Å²) >= 11 is 0. The van der Waals surface area contributed by atoms with Crippen molar-refractivity contribution in [3.63, 3.8) is 0 Å². The van der Waals surface area contributed by atoms with Crippen molar-refractivity contribution in [2.75, 3.05) is 14.2 Å². The molecule has 0 aliphatic rings. The molecule has 1 atom stereocenters. The molecule has 1 unspecified atom stereocenters. The van der Waals surface area contributed by atoms with Crippen LogP contribution in [0.3, 0.4) is 0 Å². The van der Waals surface area contributed by atoms with Crippen molar-refractivity contribution in [2.45, 2.75) is 26.4 Å². The fourth-order valence-electron chi connectivity index (χ4n) is 1.60. The van der Waals surface area contributed by atoms with Crippen molar-refractivity contribution in [2.24, 2.45) is 0 Å². The summed E-state index contributed by atoms with van der Waals surface area (Å²) in [5.41, 5.74) is 0.967. The second-order valence-electron chi connectivity index (χ2n) is 3.75. The zero-order valence-corrected chi connectivity index (χ0v) is 10.9. The molecule has 1 aromatic rings. The third-order valence-electron chi connectivity index (χ3n) is 2.68. The normalized spacial score (nSPS) is 11.8. The van der Waals surface area contributed by atoms with Crippen molar-refractivity contribution < 1.29 is 14.2 Å². The van der Waals surface area contributed by atoms with Crippen molar-refractivity contribution in [3.8, 4) is 17.2 Å². The maximum Gasteiger partial charge on any atom is 0.129 e. The summed E-state index contributed by atoms with van der Waals surface area (Å²) in [7, 11) is 3.27. The standard InChI is InChI=1S/C14H20O3/c1-6-11(7-2)17-12-8-13(15-4)10(3)14(9-12)16-5/h6,8-9,11H,1,7H2,2-5H3. The topological polar surface area (TPSA) is 27.7 Å². The highest BCUT2D eigenvalue weighted by Gasteiger charge is 2.11. The molecule has 0 heterocycles. The van der Waals surface area contributed by atoms with E-state index in [1.54, 1.807) is 20.3 Å². The summed E-state index contributed by atoms with van der Waals surface area (Å²) in [5, 5.41) is 0. The Kier molecular flexibility index (Phi) is 4.88. The lowest BCUT2D eigenvalue weighted by Gasteiger charge is -2.17. The molecule has 3 heteroatoms. The van der Waals surface area contributed by atoms with Gasteiger partial charge in [-0.05, 0) is 13.3 Å². The van der Waals surface area contributed by atoms with Gasteiger partial charge in [0.2, 0.25) is 0 Å². The van der Waals surface area contributed by atoms with E-state index in [9.17, 15) is 0 Å². The minimum Gasteiger partial charge on any atom is -0.496 e. The summed E-state index contributed by atoms with van der Waals surface area (Å²) in [6, 6.07) is 3.73. The van der Waals surface area contributed by atoms with E-state index in [2.05, 4.69) is 13.5 Å². The Hall–Kier alpha value is -1.64. The first kappa shape index (κ1) is 13.4. The van der Waals surface area contributed by atoms with Gasteiger partial charge in [-0.2, -0.15) is 0 Å². The van der Waals surface area contributed by atoms with E-state index in [1.807, 2.05) is 19.1 Å². The Morgan fingerprint density at radius 1 is 1.24 bits per heavy atom. The van der Waals surface area contributed by atoms with Gasteiger partial charge in [-0.3, -0.25) is 0 Å². The lowest BCUT2D eigenvalue weighted by Crippen LogP contribution is -2.11. The average molecular weight is 236 g/mol. The molecule has 3 nitrogen and oxygen atoms in total. The molecule has 0 aliphatic heterocycles. The first-order valence-electron chi connectivity index (χ1n) is 5.68. The zero-order valence-electron chi connectivity index (χ0n) is 10.9. The Morgan fingerprint density at radius 3 is 2.12 bits per heavy atom. The molecule has 0 saturated carbocycles. The van der Waals surface area contributed by atoms with E-state index in [0.29, 0.717) is 0 Å². The van der Waals surface area contributed by atoms with Crippen LogP contribution in [0.25, 0.3) is 0 Å². The summed E-state index contributed by atoms with van der Waals surface area (Å²) in [6.45, 7) is 7.74. The van der Waals surface area contributed by atoms with E-state index in [4.69, 9.17) is 14.2 Å². The molecule has 0 spiro atoms. The Balaban J connectivity index is 3.04. The van der Waals surface area contributed by atoms with Gasteiger partial charge < -0.3 is 14.2 Å². The summed E-state index contributed by atoms with van der Waals surface area (Å²) in [4.78, 5) is 0. The van der Waals surface area contributed by atoms with E-state index < -0.39 is 0 Å². The summed E-state index contributed by atoms with van der Waals surface area (Å²) in [6.07, 6.45) is 2.67. The van der Waals surface area contributed by atoms with Gasteiger partial charge in [-0.25, -0.2) is 0 Å². The molecule has 0 N–H and O–H groups in total. The first-order chi connectivity index (χ1) is 8.15. The van der Waals surface area contributed by atoms with E-state index in [-0.39, 0.29) is 6.10 Å². The highest BCUT2D eigenvalue weighted by atomic mass is 16.5. The second-order valence-corrected chi connectivity index (χ2v) is 3.75.